The van der Waals surface area contributed by atoms with E-state index in [0.29, 0.717) is 10.9 Å². The highest BCUT2D eigenvalue weighted by molar-refractivity contribution is 6.31. The highest BCUT2D eigenvalue weighted by Gasteiger charge is 2.25. The quantitative estimate of drug-likeness (QED) is 0.800. The van der Waals surface area contributed by atoms with Crippen LogP contribution >= 0.6 is 11.6 Å². The first-order chi connectivity index (χ1) is 9.47. The molecular formula is C14H17ClN2O3. The summed E-state index contributed by atoms with van der Waals surface area (Å²) in [5, 5.41) is 14.9. The Bertz CT molecular complexity index is 533. The third kappa shape index (κ3) is 3.42. The number of carboxylic acid groups (broad SMARTS) is 1. The summed E-state index contributed by atoms with van der Waals surface area (Å²) in [5.74, 6) is -0.662. The summed E-state index contributed by atoms with van der Waals surface area (Å²) in [7, 11) is 0. The van der Waals surface area contributed by atoms with E-state index in [1.165, 1.54) is 18.2 Å². The maximum atomic E-state index is 11.9. The monoisotopic (exact) mass is 296 g/mol. The lowest BCUT2D eigenvalue weighted by Gasteiger charge is -2.18. The van der Waals surface area contributed by atoms with Crippen LogP contribution in [-0.4, -0.2) is 23.1 Å². The van der Waals surface area contributed by atoms with Gasteiger partial charge < -0.3 is 15.7 Å². The van der Waals surface area contributed by atoms with Crippen LogP contribution in [0.2, 0.25) is 5.02 Å². The molecule has 0 heterocycles. The normalized spacial score (nSPS) is 21.5. The van der Waals surface area contributed by atoms with Gasteiger partial charge in [0.2, 0.25) is 0 Å². The topological polar surface area (TPSA) is 78.4 Å². The van der Waals surface area contributed by atoms with Gasteiger partial charge in [-0.15, -0.1) is 0 Å². The van der Waals surface area contributed by atoms with Gasteiger partial charge in [0.15, 0.2) is 0 Å². The van der Waals surface area contributed by atoms with Crippen molar-refractivity contribution < 1.29 is 14.7 Å². The number of benzene rings is 1. The molecule has 0 aromatic heterocycles. The van der Waals surface area contributed by atoms with Crippen molar-refractivity contribution in [2.45, 2.75) is 32.2 Å². The third-order valence-electron chi connectivity index (χ3n) is 3.64. The van der Waals surface area contributed by atoms with Crippen LogP contribution in [0.1, 0.15) is 36.5 Å². The number of carbonyl (C=O) groups is 2. The summed E-state index contributed by atoms with van der Waals surface area (Å²) < 4.78 is 0. The average Bonchev–Trinajstić information content (AvgIpc) is 2.74. The van der Waals surface area contributed by atoms with E-state index in [9.17, 15) is 9.59 Å². The summed E-state index contributed by atoms with van der Waals surface area (Å²) in [5.41, 5.74) is 0.220. The molecule has 0 spiro atoms. The molecule has 2 amide bonds. The Morgan fingerprint density at radius 1 is 1.35 bits per heavy atom. The Kier molecular flexibility index (Phi) is 4.49. The molecule has 1 aliphatic carbocycles. The molecule has 1 aromatic carbocycles. The lowest BCUT2D eigenvalue weighted by atomic mass is 10.1. The number of nitrogens with one attached hydrogen (secondary N) is 2. The van der Waals surface area contributed by atoms with Gasteiger partial charge in [0.1, 0.15) is 0 Å². The molecule has 1 saturated carbocycles. The number of carboxylic acids is 1. The Morgan fingerprint density at radius 2 is 2.10 bits per heavy atom. The molecule has 1 fully saturated rings. The minimum absolute atomic E-state index is 0.0176. The second-order valence-electron chi connectivity index (χ2n) is 5.11. The van der Waals surface area contributed by atoms with E-state index in [0.717, 1.165) is 19.3 Å². The van der Waals surface area contributed by atoms with E-state index in [1.807, 2.05) is 0 Å². The minimum atomic E-state index is -1.11. The van der Waals surface area contributed by atoms with Gasteiger partial charge in [-0.1, -0.05) is 24.9 Å². The maximum absolute atomic E-state index is 11.9. The number of anilines is 1. The van der Waals surface area contributed by atoms with Gasteiger partial charge in [-0.25, -0.2) is 9.59 Å². The lowest BCUT2D eigenvalue weighted by Crippen LogP contribution is -2.39. The van der Waals surface area contributed by atoms with Crippen molar-refractivity contribution in [3.63, 3.8) is 0 Å². The van der Waals surface area contributed by atoms with Crippen LogP contribution in [-0.2, 0) is 0 Å². The second kappa shape index (κ2) is 6.13. The molecule has 0 radical (unpaired) electrons. The average molecular weight is 297 g/mol. The third-order valence-corrected chi connectivity index (χ3v) is 3.87. The van der Waals surface area contributed by atoms with Crippen molar-refractivity contribution in [3.8, 4) is 0 Å². The Morgan fingerprint density at radius 3 is 2.70 bits per heavy atom. The van der Waals surface area contributed by atoms with Crippen molar-refractivity contribution in [3.05, 3.63) is 28.8 Å². The molecule has 0 saturated heterocycles. The summed E-state index contributed by atoms with van der Waals surface area (Å²) >= 11 is 5.83. The summed E-state index contributed by atoms with van der Waals surface area (Å²) in [4.78, 5) is 23.0. The van der Waals surface area contributed by atoms with Gasteiger partial charge in [0.05, 0.1) is 11.3 Å². The van der Waals surface area contributed by atoms with E-state index in [4.69, 9.17) is 16.7 Å². The summed E-state index contributed by atoms with van der Waals surface area (Å²) in [6.45, 7) is 2.10. The van der Waals surface area contributed by atoms with Crippen LogP contribution in [0.3, 0.4) is 0 Å². The fourth-order valence-electron chi connectivity index (χ4n) is 2.49. The molecule has 2 rings (SSSR count). The molecule has 108 valence electrons. The van der Waals surface area contributed by atoms with Gasteiger partial charge in [-0.3, -0.25) is 0 Å². The first kappa shape index (κ1) is 14.7. The van der Waals surface area contributed by atoms with Gasteiger partial charge in [0, 0.05) is 11.1 Å². The number of urea groups is 1. The van der Waals surface area contributed by atoms with Crippen molar-refractivity contribution in [2.75, 3.05) is 5.32 Å². The first-order valence-corrected chi connectivity index (χ1v) is 6.95. The number of amides is 2. The van der Waals surface area contributed by atoms with E-state index in [1.54, 1.807) is 0 Å². The lowest BCUT2D eigenvalue weighted by molar-refractivity contribution is 0.0698. The summed E-state index contributed by atoms with van der Waals surface area (Å²) in [6.07, 6.45) is 3.15. The fourth-order valence-corrected chi connectivity index (χ4v) is 2.67. The van der Waals surface area contributed by atoms with Gasteiger partial charge in [-0.2, -0.15) is 0 Å². The second-order valence-corrected chi connectivity index (χ2v) is 5.54. The molecule has 0 bridgehead atoms. The number of rotatable bonds is 3. The van der Waals surface area contributed by atoms with Crippen LogP contribution in [0.25, 0.3) is 0 Å². The van der Waals surface area contributed by atoms with E-state index < -0.39 is 12.0 Å². The number of hydrogen-bond donors (Lipinski definition) is 3. The molecule has 2 unspecified atom stereocenters. The Balaban J connectivity index is 2.07. The van der Waals surface area contributed by atoms with Crippen molar-refractivity contribution in [2.24, 2.45) is 5.92 Å². The minimum Gasteiger partial charge on any atom is -0.478 e. The molecule has 1 aromatic rings. The Labute approximate surface area is 122 Å². The Hall–Kier alpha value is -1.75. The smallest absolute Gasteiger partial charge is 0.337 e. The van der Waals surface area contributed by atoms with Crippen LogP contribution in [0.5, 0.6) is 0 Å². The zero-order valence-electron chi connectivity index (χ0n) is 11.1. The number of halogens is 1. The molecule has 20 heavy (non-hydrogen) atoms. The summed E-state index contributed by atoms with van der Waals surface area (Å²) in [6, 6.07) is 4.03. The molecule has 1 aliphatic rings. The predicted octanol–water partition coefficient (Wildman–Crippen LogP) is 3.35. The largest absolute Gasteiger partial charge is 0.478 e. The van der Waals surface area contributed by atoms with Crippen LogP contribution < -0.4 is 10.6 Å². The van der Waals surface area contributed by atoms with Gasteiger partial charge in [-0.05, 0) is 37.0 Å². The number of hydrogen-bond acceptors (Lipinski definition) is 2. The molecular weight excluding hydrogens is 280 g/mol. The predicted molar refractivity (Wildman–Crippen MR) is 77.4 cm³/mol. The molecule has 5 nitrogen and oxygen atoms in total. The molecule has 0 aliphatic heterocycles. The van der Waals surface area contributed by atoms with Crippen molar-refractivity contribution in [1.82, 2.24) is 5.32 Å². The first-order valence-electron chi connectivity index (χ1n) is 6.57. The van der Waals surface area contributed by atoms with Crippen LogP contribution in [0.15, 0.2) is 18.2 Å². The number of aromatic carboxylic acids is 1. The van der Waals surface area contributed by atoms with Crippen molar-refractivity contribution >= 4 is 29.3 Å². The fraction of sp³-hybridized carbons (Fsp3) is 0.429. The zero-order valence-corrected chi connectivity index (χ0v) is 11.9. The van der Waals surface area contributed by atoms with E-state index >= 15 is 0 Å². The standard InChI is InChI=1S/C14H17ClN2O3/c1-8-3-2-4-11(8)16-14(20)17-12-7-9(15)5-6-10(12)13(18)19/h5-8,11H,2-4H2,1H3,(H,18,19)(H2,16,17,20). The molecule has 2 atom stereocenters. The highest BCUT2D eigenvalue weighted by atomic mass is 35.5. The number of carbonyl (C=O) groups excluding carboxylic acids is 1. The molecule has 6 heteroatoms. The van der Waals surface area contributed by atoms with Gasteiger partial charge >= 0.3 is 12.0 Å². The van der Waals surface area contributed by atoms with Gasteiger partial charge in [0.25, 0.3) is 0 Å². The van der Waals surface area contributed by atoms with Crippen LogP contribution in [0, 0.1) is 5.92 Å². The van der Waals surface area contributed by atoms with E-state index in [-0.39, 0.29) is 17.3 Å². The zero-order chi connectivity index (χ0) is 14.7. The van der Waals surface area contributed by atoms with Crippen molar-refractivity contribution in [1.29, 1.82) is 0 Å². The van der Waals surface area contributed by atoms with E-state index in [2.05, 4.69) is 17.6 Å². The SMILES string of the molecule is CC1CCCC1NC(=O)Nc1cc(Cl)ccc1C(=O)O. The molecule has 3 N–H and O–H groups in total. The highest BCUT2D eigenvalue weighted by Crippen LogP contribution is 2.25. The van der Waals surface area contributed by atoms with Crippen LogP contribution in [0.4, 0.5) is 10.5 Å². The maximum Gasteiger partial charge on any atom is 0.337 e.